The molecule has 7 heteroatoms. The summed E-state index contributed by atoms with van der Waals surface area (Å²) in [6, 6.07) is 13.4. The molecule has 25 heavy (non-hydrogen) atoms. The molecule has 3 aromatic rings. The number of fused-ring (bicyclic) bond motifs is 1. The Bertz CT molecular complexity index is 1020. The van der Waals surface area contributed by atoms with Crippen LogP contribution in [0.15, 0.2) is 53.4 Å². The molecule has 1 heterocycles. The summed E-state index contributed by atoms with van der Waals surface area (Å²) < 4.78 is 32.3. The van der Waals surface area contributed by atoms with Crippen molar-refractivity contribution < 1.29 is 17.9 Å². The van der Waals surface area contributed by atoms with Gasteiger partial charge in [-0.15, -0.1) is 0 Å². The average molecular weight is 358 g/mol. The SMILES string of the molecule is COc1ccc(S(=O)(=O)NCc2cc3cc(C(C)=O)ccc3[nH]2)cc1. The Kier molecular flexibility index (Phi) is 4.61. The second kappa shape index (κ2) is 6.70. The Labute approximate surface area is 145 Å². The Morgan fingerprint density at radius 3 is 2.48 bits per heavy atom. The van der Waals surface area contributed by atoms with E-state index in [0.29, 0.717) is 17.0 Å². The van der Waals surface area contributed by atoms with Gasteiger partial charge in [-0.05, 0) is 55.5 Å². The van der Waals surface area contributed by atoms with E-state index in [-0.39, 0.29) is 17.2 Å². The first kappa shape index (κ1) is 17.2. The molecule has 0 aliphatic heterocycles. The predicted molar refractivity (Wildman–Crippen MR) is 95.3 cm³/mol. The molecular weight excluding hydrogens is 340 g/mol. The first-order chi connectivity index (χ1) is 11.9. The number of hydrogen-bond acceptors (Lipinski definition) is 4. The number of carbonyl (C=O) groups is 1. The topological polar surface area (TPSA) is 88.3 Å². The van der Waals surface area contributed by atoms with Crippen LogP contribution in [-0.2, 0) is 16.6 Å². The van der Waals surface area contributed by atoms with Crippen LogP contribution >= 0.6 is 0 Å². The normalized spacial score (nSPS) is 11.6. The third kappa shape index (κ3) is 3.72. The molecule has 1 aromatic heterocycles. The van der Waals surface area contributed by atoms with Gasteiger partial charge in [0.25, 0.3) is 0 Å². The number of aromatic amines is 1. The standard InChI is InChI=1S/C18H18N2O4S/c1-12(21)13-3-8-18-14(9-13)10-15(20-18)11-19-25(22,23)17-6-4-16(24-2)5-7-17/h3-10,19-20H,11H2,1-2H3. The zero-order valence-electron chi connectivity index (χ0n) is 13.9. The third-order valence-electron chi connectivity index (χ3n) is 3.91. The third-order valence-corrected chi connectivity index (χ3v) is 5.32. The van der Waals surface area contributed by atoms with E-state index < -0.39 is 10.0 Å². The maximum absolute atomic E-state index is 12.4. The first-order valence-electron chi connectivity index (χ1n) is 7.65. The summed E-state index contributed by atoms with van der Waals surface area (Å²) in [5, 5.41) is 0.867. The van der Waals surface area contributed by atoms with Crippen LogP contribution in [0.5, 0.6) is 5.75 Å². The second-order valence-corrected chi connectivity index (χ2v) is 7.42. The zero-order valence-corrected chi connectivity index (χ0v) is 14.7. The van der Waals surface area contributed by atoms with Gasteiger partial charge in [-0.1, -0.05) is 0 Å². The van der Waals surface area contributed by atoms with Gasteiger partial charge in [-0.3, -0.25) is 4.79 Å². The molecule has 0 spiro atoms. The van der Waals surface area contributed by atoms with Crippen LogP contribution in [0.25, 0.3) is 10.9 Å². The van der Waals surface area contributed by atoms with Crippen LogP contribution in [-0.4, -0.2) is 26.3 Å². The maximum Gasteiger partial charge on any atom is 0.240 e. The lowest BCUT2D eigenvalue weighted by atomic mass is 10.1. The quantitative estimate of drug-likeness (QED) is 0.663. The number of sulfonamides is 1. The van der Waals surface area contributed by atoms with Crippen LogP contribution in [0.2, 0.25) is 0 Å². The minimum absolute atomic E-state index is 0.00939. The Hall–Kier alpha value is -2.64. The maximum atomic E-state index is 12.4. The largest absolute Gasteiger partial charge is 0.497 e. The van der Waals surface area contributed by atoms with E-state index in [0.717, 1.165) is 10.9 Å². The van der Waals surface area contributed by atoms with Crippen molar-refractivity contribution in [1.29, 1.82) is 0 Å². The van der Waals surface area contributed by atoms with Crippen molar-refractivity contribution in [3.63, 3.8) is 0 Å². The smallest absolute Gasteiger partial charge is 0.240 e. The van der Waals surface area contributed by atoms with Crippen molar-refractivity contribution in [3.05, 3.63) is 59.8 Å². The molecule has 2 N–H and O–H groups in total. The van der Waals surface area contributed by atoms with Crippen molar-refractivity contribution in [2.75, 3.05) is 7.11 Å². The number of ether oxygens (including phenoxy) is 1. The van der Waals surface area contributed by atoms with E-state index in [1.807, 2.05) is 12.1 Å². The van der Waals surface area contributed by atoms with Crippen LogP contribution in [0.4, 0.5) is 0 Å². The number of rotatable bonds is 6. The lowest BCUT2D eigenvalue weighted by Crippen LogP contribution is -2.23. The summed E-state index contributed by atoms with van der Waals surface area (Å²) in [6.07, 6.45) is 0. The number of benzene rings is 2. The van der Waals surface area contributed by atoms with Gasteiger partial charge in [0, 0.05) is 22.2 Å². The molecule has 0 radical (unpaired) electrons. The number of carbonyl (C=O) groups excluding carboxylic acids is 1. The van der Waals surface area contributed by atoms with Crippen molar-refractivity contribution in [2.45, 2.75) is 18.4 Å². The number of Topliss-reactive ketones (excluding diaryl/α,β-unsaturated/α-hetero) is 1. The molecule has 0 fully saturated rings. The van der Waals surface area contributed by atoms with Crippen LogP contribution in [0, 0.1) is 0 Å². The molecule has 2 aromatic carbocycles. The minimum Gasteiger partial charge on any atom is -0.497 e. The lowest BCUT2D eigenvalue weighted by Gasteiger charge is -2.06. The van der Waals surface area contributed by atoms with E-state index in [2.05, 4.69) is 9.71 Å². The second-order valence-electron chi connectivity index (χ2n) is 5.65. The van der Waals surface area contributed by atoms with E-state index in [1.165, 1.54) is 26.2 Å². The van der Waals surface area contributed by atoms with E-state index >= 15 is 0 Å². The molecule has 3 rings (SSSR count). The highest BCUT2D eigenvalue weighted by Gasteiger charge is 2.14. The Morgan fingerprint density at radius 1 is 1.12 bits per heavy atom. The number of ketones is 1. The van der Waals surface area contributed by atoms with Crippen molar-refractivity contribution in [2.24, 2.45) is 0 Å². The van der Waals surface area contributed by atoms with Crippen LogP contribution in [0.3, 0.4) is 0 Å². The predicted octanol–water partition coefficient (Wildman–Crippen LogP) is 2.86. The minimum atomic E-state index is -3.62. The summed E-state index contributed by atoms with van der Waals surface area (Å²) in [6.45, 7) is 1.64. The van der Waals surface area contributed by atoms with Crippen molar-refractivity contribution in [3.8, 4) is 5.75 Å². The molecule has 0 saturated carbocycles. The molecule has 0 aliphatic rings. The highest BCUT2D eigenvalue weighted by molar-refractivity contribution is 7.89. The molecule has 0 bridgehead atoms. The number of H-pyrrole nitrogens is 1. The van der Waals surface area contributed by atoms with Crippen molar-refractivity contribution >= 4 is 26.7 Å². The Morgan fingerprint density at radius 2 is 1.84 bits per heavy atom. The summed E-state index contributed by atoms with van der Waals surface area (Å²) in [5.41, 5.74) is 2.19. The first-order valence-corrected chi connectivity index (χ1v) is 9.14. The van der Waals surface area contributed by atoms with Crippen LogP contribution in [0.1, 0.15) is 23.0 Å². The van der Waals surface area contributed by atoms with Gasteiger partial charge in [-0.2, -0.15) is 0 Å². The zero-order chi connectivity index (χ0) is 18.0. The summed E-state index contributed by atoms with van der Waals surface area (Å²) in [4.78, 5) is 14.8. The van der Waals surface area contributed by atoms with Gasteiger partial charge in [-0.25, -0.2) is 13.1 Å². The molecule has 0 aliphatic carbocycles. The van der Waals surface area contributed by atoms with E-state index in [1.54, 1.807) is 24.3 Å². The van der Waals surface area contributed by atoms with Gasteiger partial charge in [0.2, 0.25) is 10.0 Å². The molecule has 0 amide bonds. The van der Waals surface area contributed by atoms with Crippen molar-refractivity contribution in [1.82, 2.24) is 9.71 Å². The van der Waals surface area contributed by atoms with E-state index in [9.17, 15) is 13.2 Å². The average Bonchev–Trinajstić information content (AvgIpc) is 3.02. The van der Waals surface area contributed by atoms with Gasteiger partial charge in [0.1, 0.15) is 5.75 Å². The fourth-order valence-corrected chi connectivity index (χ4v) is 3.52. The summed E-state index contributed by atoms with van der Waals surface area (Å²) in [5.74, 6) is 0.584. The molecule has 130 valence electrons. The van der Waals surface area contributed by atoms with Crippen LogP contribution < -0.4 is 9.46 Å². The highest BCUT2D eigenvalue weighted by Crippen LogP contribution is 2.19. The number of aromatic nitrogens is 1. The molecular formula is C18H18N2O4S. The molecule has 0 saturated heterocycles. The Balaban J connectivity index is 1.77. The van der Waals surface area contributed by atoms with Gasteiger partial charge < -0.3 is 9.72 Å². The molecule has 6 nitrogen and oxygen atoms in total. The summed E-state index contributed by atoms with van der Waals surface area (Å²) in [7, 11) is -2.10. The monoisotopic (exact) mass is 358 g/mol. The fraction of sp³-hybridized carbons (Fsp3) is 0.167. The fourth-order valence-electron chi connectivity index (χ4n) is 2.52. The number of nitrogens with one attached hydrogen (secondary N) is 2. The number of methoxy groups -OCH3 is 1. The number of hydrogen-bond donors (Lipinski definition) is 2. The highest BCUT2D eigenvalue weighted by atomic mass is 32.2. The summed E-state index contributed by atoms with van der Waals surface area (Å²) >= 11 is 0. The van der Waals surface area contributed by atoms with Gasteiger partial charge in [0.05, 0.1) is 18.6 Å². The van der Waals surface area contributed by atoms with E-state index in [4.69, 9.17) is 4.74 Å². The molecule has 0 atom stereocenters. The van der Waals surface area contributed by atoms with Gasteiger partial charge >= 0.3 is 0 Å². The van der Waals surface area contributed by atoms with Gasteiger partial charge in [0.15, 0.2) is 5.78 Å². The molecule has 0 unspecified atom stereocenters. The lowest BCUT2D eigenvalue weighted by molar-refractivity contribution is 0.101.